The van der Waals surface area contributed by atoms with Crippen molar-refractivity contribution in [3.63, 3.8) is 0 Å². The Morgan fingerprint density at radius 1 is 1.83 bits per heavy atom. The Kier molecular flexibility index (Phi) is 0.725. The summed E-state index contributed by atoms with van der Waals surface area (Å²) in [4.78, 5) is 3.00. The molecule has 0 spiro atoms. The summed E-state index contributed by atoms with van der Waals surface area (Å²) in [6.45, 7) is 2.03. The highest BCUT2D eigenvalue weighted by atomic mass is 15.0. The molecule has 2 nitrogen and oxygen atoms in total. The van der Waals surface area contributed by atoms with Gasteiger partial charge in [-0.1, -0.05) is 0 Å². The molecule has 0 radical (unpaired) electrons. The molecule has 0 saturated carbocycles. The topological polar surface area (TPSA) is 30.6 Å². The van der Waals surface area contributed by atoms with Gasteiger partial charge in [-0.3, -0.25) is 0 Å². The van der Waals surface area contributed by atoms with Crippen LogP contribution in [0.5, 0.6) is 0 Å². The molecule has 0 aromatic carbocycles. The van der Waals surface area contributed by atoms with Gasteiger partial charge in [-0.2, -0.15) is 4.99 Å². The maximum atomic E-state index is 3.00. The first-order chi connectivity index (χ1) is 2.89. The maximum absolute atomic E-state index is 3.00. The number of quaternary nitrogens is 1. The van der Waals surface area contributed by atoms with Crippen LogP contribution in [-0.2, 0) is 0 Å². The minimum Gasteiger partial charge on any atom is -0.231 e. The van der Waals surface area contributed by atoms with Crippen molar-refractivity contribution in [1.29, 1.82) is 0 Å². The van der Waals surface area contributed by atoms with Gasteiger partial charge in [-0.25, -0.2) is 5.32 Å². The molecule has 1 aliphatic rings. The second kappa shape index (κ2) is 1.22. The van der Waals surface area contributed by atoms with Crippen molar-refractivity contribution in [2.75, 3.05) is 0 Å². The van der Waals surface area contributed by atoms with E-state index in [-0.39, 0.29) is 0 Å². The normalized spacial score (nSPS) is 18.5. The van der Waals surface area contributed by atoms with Crippen LogP contribution in [0.4, 0.5) is 0 Å². The molecule has 0 aromatic rings. The second-order valence-electron chi connectivity index (χ2n) is 1.35. The van der Waals surface area contributed by atoms with E-state index in [0.717, 1.165) is 0 Å². The molecule has 6 heavy (non-hydrogen) atoms. The standard InChI is InChI=1S/C4H6N2/c1-4-5-2-3-6-4/h2-3H,1H3,(H,5,6)/p+2. The minimum absolute atomic E-state index is 1.22. The van der Waals surface area contributed by atoms with E-state index >= 15 is 0 Å². The number of rotatable bonds is 0. The Labute approximate surface area is 36.6 Å². The molecule has 0 atom stereocenters. The molecule has 0 aromatic heterocycles. The highest BCUT2D eigenvalue weighted by Gasteiger charge is 2.01. The fourth-order valence-corrected chi connectivity index (χ4v) is 0.420. The quantitative estimate of drug-likeness (QED) is 0.326. The van der Waals surface area contributed by atoms with Crippen LogP contribution in [0.3, 0.4) is 0 Å². The van der Waals surface area contributed by atoms with E-state index in [9.17, 15) is 0 Å². The summed E-state index contributed by atoms with van der Waals surface area (Å²) in [6, 6.07) is 0. The molecule has 0 fully saturated rings. The Balaban J connectivity index is 2.61. The highest BCUT2D eigenvalue weighted by molar-refractivity contribution is 5.63. The van der Waals surface area contributed by atoms with E-state index in [4.69, 9.17) is 0 Å². The molecular formula is C4H8N2+2. The van der Waals surface area contributed by atoms with Gasteiger partial charge < -0.3 is 0 Å². The summed E-state index contributed by atoms with van der Waals surface area (Å²) in [5.74, 6) is 1.22. The van der Waals surface area contributed by atoms with Crippen molar-refractivity contribution >= 4 is 5.84 Å². The first-order valence-corrected chi connectivity index (χ1v) is 1.99. The maximum Gasteiger partial charge on any atom is 0.340 e. The largest absolute Gasteiger partial charge is 0.340 e. The lowest BCUT2D eigenvalue weighted by molar-refractivity contribution is -0.504. The van der Waals surface area contributed by atoms with Gasteiger partial charge in [0.2, 0.25) is 6.20 Å². The average molecular weight is 84.1 g/mol. The summed E-state index contributed by atoms with van der Waals surface area (Å²) in [5.41, 5.74) is 0. The lowest BCUT2D eigenvalue weighted by atomic mass is 10.7. The zero-order valence-electron chi connectivity index (χ0n) is 3.73. The van der Waals surface area contributed by atoms with E-state index in [1.54, 1.807) is 0 Å². The molecule has 1 heterocycles. The zero-order valence-corrected chi connectivity index (χ0v) is 3.73. The van der Waals surface area contributed by atoms with Crippen LogP contribution in [0.15, 0.2) is 12.4 Å². The lowest BCUT2D eigenvalue weighted by Crippen LogP contribution is -2.88. The highest BCUT2D eigenvalue weighted by Crippen LogP contribution is 1.43. The average Bonchev–Trinajstić information content (AvgIpc) is 1.86. The van der Waals surface area contributed by atoms with E-state index in [1.807, 2.05) is 24.6 Å². The molecule has 0 amide bonds. The van der Waals surface area contributed by atoms with Crippen molar-refractivity contribution in [3.05, 3.63) is 12.4 Å². The fraction of sp³-hybridized carbons (Fsp3) is 0.250. The number of hydrogen-bond acceptors (Lipinski definition) is 0. The van der Waals surface area contributed by atoms with Crippen molar-refractivity contribution in [1.82, 2.24) is 0 Å². The van der Waals surface area contributed by atoms with Crippen LogP contribution in [-0.4, -0.2) is 5.84 Å². The first-order valence-electron chi connectivity index (χ1n) is 1.99. The molecule has 0 bridgehead atoms. The molecule has 0 aliphatic carbocycles. The van der Waals surface area contributed by atoms with E-state index in [2.05, 4.69) is 4.99 Å². The Morgan fingerprint density at radius 3 is 2.83 bits per heavy atom. The van der Waals surface area contributed by atoms with Gasteiger partial charge in [-0.15, -0.1) is 0 Å². The van der Waals surface area contributed by atoms with Gasteiger partial charge in [0, 0.05) is 0 Å². The van der Waals surface area contributed by atoms with E-state index in [1.165, 1.54) is 5.84 Å². The van der Waals surface area contributed by atoms with Crippen molar-refractivity contribution in [2.24, 2.45) is 0 Å². The third kappa shape index (κ3) is 0.466. The van der Waals surface area contributed by atoms with Crippen LogP contribution >= 0.6 is 0 Å². The van der Waals surface area contributed by atoms with Crippen LogP contribution in [0.25, 0.3) is 0 Å². The van der Waals surface area contributed by atoms with Gasteiger partial charge in [0.05, 0.1) is 6.92 Å². The third-order valence-electron chi connectivity index (χ3n) is 0.753. The van der Waals surface area contributed by atoms with Gasteiger partial charge >= 0.3 is 5.84 Å². The van der Waals surface area contributed by atoms with Crippen molar-refractivity contribution in [2.45, 2.75) is 6.92 Å². The lowest BCUT2D eigenvalue weighted by Gasteiger charge is -1.67. The summed E-state index contributed by atoms with van der Waals surface area (Å²) in [5, 5.41) is 2.03. The van der Waals surface area contributed by atoms with Gasteiger partial charge in [0.25, 0.3) is 0 Å². The summed E-state index contributed by atoms with van der Waals surface area (Å²) in [6.07, 6.45) is 3.89. The van der Waals surface area contributed by atoms with Crippen molar-refractivity contribution in [3.8, 4) is 0 Å². The van der Waals surface area contributed by atoms with Crippen LogP contribution < -0.4 is 10.3 Å². The monoisotopic (exact) mass is 84.1 g/mol. The first kappa shape index (κ1) is 3.56. The smallest absolute Gasteiger partial charge is 0.231 e. The van der Waals surface area contributed by atoms with Gasteiger partial charge in [0.1, 0.15) is 0 Å². The van der Waals surface area contributed by atoms with Gasteiger partial charge in [-0.05, 0) is 0 Å². The molecule has 0 unspecified atom stereocenters. The van der Waals surface area contributed by atoms with Crippen molar-refractivity contribution < 1.29 is 10.3 Å². The Hall–Kier alpha value is -0.630. The molecule has 32 valence electrons. The molecule has 0 saturated heterocycles. The molecule has 3 N–H and O–H groups in total. The van der Waals surface area contributed by atoms with Crippen LogP contribution in [0, 0.1) is 0 Å². The number of nitrogens with one attached hydrogen (secondary N) is 1. The zero-order chi connectivity index (χ0) is 4.41. The molecule has 1 rings (SSSR count). The number of hydrogen-bond donors (Lipinski definition) is 2. The SMILES string of the molecule is CC1=[NH+]C=C[NH2+]1. The Morgan fingerprint density at radius 2 is 2.67 bits per heavy atom. The number of nitrogens with two attached hydrogens (primary N) is 1. The number of amidine groups is 1. The molecular weight excluding hydrogens is 76.1 g/mol. The second-order valence-corrected chi connectivity index (χ2v) is 1.35. The fourth-order valence-electron chi connectivity index (χ4n) is 0.420. The Bertz CT molecular complexity index is 102. The predicted molar refractivity (Wildman–Crippen MR) is 22.7 cm³/mol. The molecule has 1 aliphatic heterocycles. The third-order valence-corrected chi connectivity index (χ3v) is 0.753. The predicted octanol–water partition coefficient (Wildman–Crippen LogP) is -2.47. The molecule has 2 heteroatoms. The van der Waals surface area contributed by atoms with Crippen LogP contribution in [0.1, 0.15) is 6.92 Å². The summed E-state index contributed by atoms with van der Waals surface area (Å²) >= 11 is 0. The van der Waals surface area contributed by atoms with Crippen LogP contribution in [0.2, 0.25) is 0 Å². The minimum atomic E-state index is 1.22. The van der Waals surface area contributed by atoms with E-state index in [0.29, 0.717) is 0 Å². The summed E-state index contributed by atoms with van der Waals surface area (Å²) in [7, 11) is 0. The van der Waals surface area contributed by atoms with E-state index < -0.39 is 0 Å². The summed E-state index contributed by atoms with van der Waals surface area (Å²) < 4.78 is 0. The van der Waals surface area contributed by atoms with Gasteiger partial charge in [0.15, 0.2) is 6.20 Å².